The van der Waals surface area contributed by atoms with Gasteiger partial charge in [0.05, 0.1) is 0 Å². The van der Waals surface area contributed by atoms with Crippen molar-refractivity contribution in [1.82, 2.24) is 0 Å². The highest BCUT2D eigenvalue weighted by atomic mass is 14.4. The summed E-state index contributed by atoms with van der Waals surface area (Å²) in [6.07, 6.45) is 4.96. The maximum atomic E-state index is 4.42. The van der Waals surface area contributed by atoms with E-state index in [-0.39, 0.29) is 5.41 Å². The largest absolute Gasteiger partial charge is 0.0950 e. The van der Waals surface area contributed by atoms with Crippen LogP contribution in [0, 0.1) is 37.0 Å². The number of hydrogen-bond acceptors (Lipinski definition) is 0. The third kappa shape index (κ3) is 4.78. The molecular formula is C26H38. The van der Waals surface area contributed by atoms with Gasteiger partial charge in [0.15, 0.2) is 0 Å². The molecule has 0 heteroatoms. The first-order valence-electron chi connectivity index (χ1n) is 10.1. The van der Waals surface area contributed by atoms with Crippen molar-refractivity contribution in [3.8, 4) is 0 Å². The highest BCUT2D eigenvalue weighted by Crippen LogP contribution is 2.45. The average Bonchev–Trinajstić information content (AvgIpc) is 2.94. The lowest BCUT2D eigenvalue weighted by Gasteiger charge is -2.27. The molecule has 0 amide bonds. The van der Waals surface area contributed by atoms with Crippen LogP contribution < -0.4 is 0 Å². The Hall–Kier alpha value is -1.56. The molecule has 1 aliphatic rings. The monoisotopic (exact) mass is 350 g/mol. The Morgan fingerprint density at radius 2 is 1.69 bits per heavy atom. The van der Waals surface area contributed by atoms with Crippen LogP contribution in [0.25, 0.3) is 0 Å². The first-order chi connectivity index (χ1) is 12.0. The summed E-state index contributed by atoms with van der Waals surface area (Å²) in [6, 6.07) is 6.92. The molecule has 0 heterocycles. The predicted molar refractivity (Wildman–Crippen MR) is 116 cm³/mol. The molecule has 1 aromatic carbocycles. The third-order valence-electron chi connectivity index (χ3n) is 6.57. The van der Waals surface area contributed by atoms with Crippen molar-refractivity contribution in [2.24, 2.45) is 23.2 Å². The Bertz CT molecular complexity index is 695. The van der Waals surface area contributed by atoms with Gasteiger partial charge in [0.2, 0.25) is 0 Å². The van der Waals surface area contributed by atoms with Crippen molar-refractivity contribution in [3.63, 3.8) is 0 Å². The second-order valence-electron chi connectivity index (χ2n) is 9.60. The molecule has 0 radical (unpaired) electrons. The van der Waals surface area contributed by atoms with E-state index in [1.807, 2.05) is 0 Å². The summed E-state index contributed by atoms with van der Waals surface area (Å²) in [4.78, 5) is 0. The van der Waals surface area contributed by atoms with E-state index in [1.165, 1.54) is 47.9 Å². The molecule has 2 rings (SSSR count). The Labute approximate surface area is 162 Å². The zero-order valence-corrected chi connectivity index (χ0v) is 17.9. The summed E-state index contributed by atoms with van der Waals surface area (Å²) in [7, 11) is 0. The summed E-state index contributed by atoms with van der Waals surface area (Å²) in [5, 5.41) is 0. The summed E-state index contributed by atoms with van der Waals surface area (Å²) in [5.74, 6) is 2.12. The minimum atomic E-state index is 0.0624. The number of allylic oxidation sites excluding steroid dienone is 3. The lowest BCUT2D eigenvalue weighted by molar-refractivity contribution is 0.391. The second kappa shape index (κ2) is 7.99. The fraction of sp³-hybridized carbons (Fsp3) is 0.538. The van der Waals surface area contributed by atoms with Crippen LogP contribution in [0.5, 0.6) is 0 Å². The van der Waals surface area contributed by atoms with Crippen molar-refractivity contribution >= 4 is 0 Å². The minimum Gasteiger partial charge on any atom is -0.0950 e. The topological polar surface area (TPSA) is 0 Å². The third-order valence-corrected chi connectivity index (χ3v) is 6.57. The van der Waals surface area contributed by atoms with Gasteiger partial charge >= 0.3 is 0 Å². The van der Waals surface area contributed by atoms with Crippen LogP contribution in [0.4, 0.5) is 0 Å². The summed E-state index contributed by atoms with van der Waals surface area (Å²) in [6.45, 7) is 26.5. The fourth-order valence-corrected chi connectivity index (χ4v) is 4.23. The van der Waals surface area contributed by atoms with Gasteiger partial charge in [-0.25, -0.2) is 0 Å². The quantitative estimate of drug-likeness (QED) is 0.463. The van der Waals surface area contributed by atoms with Gasteiger partial charge in [-0.1, -0.05) is 65.6 Å². The van der Waals surface area contributed by atoms with Gasteiger partial charge in [-0.15, -0.1) is 0 Å². The average molecular weight is 351 g/mol. The fourth-order valence-electron chi connectivity index (χ4n) is 4.23. The zero-order valence-electron chi connectivity index (χ0n) is 17.9. The highest BCUT2D eigenvalue weighted by molar-refractivity contribution is 5.45. The second-order valence-corrected chi connectivity index (χ2v) is 9.60. The van der Waals surface area contributed by atoms with Crippen molar-refractivity contribution in [2.75, 3.05) is 0 Å². The van der Waals surface area contributed by atoms with E-state index in [4.69, 9.17) is 0 Å². The van der Waals surface area contributed by atoms with E-state index in [0.29, 0.717) is 5.92 Å². The van der Waals surface area contributed by atoms with Gasteiger partial charge in [-0.3, -0.25) is 0 Å². The molecule has 0 bridgehead atoms. The van der Waals surface area contributed by atoms with Gasteiger partial charge in [0.1, 0.15) is 0 Å². The van der Waals surface area contributed by atoms with E-state index < -0.39 is 0 Å². The lowest BCUT2D eigenvalue weighted by Crippen LogP contribution is -2.13. The normalized spacial score (nSPS) is 23.1. The van der Waals surface area contributed by atoms with E-state index in [1.54, 1.807) is 0 Å². The highest BCUT2D eigenvalue weighted by Gasteiger charge is 2.34. The molecular weight excluding hydrogens is 312 g/mol. The standard InChI is InChI=1S/C26H38/c1-17-10-11-23(14-18(17)2)12-13-24-16-25(15-19(24)3)21(5)20(4)22(6)26(7,8)9/h10-11,14,19,24-25H,4-6,12-13,15-16H2,1-3,7-9H3. The maximum Gasteiger partial charge on any atom is -0.0132 e. The Balaban J connectivity index is 1.96. The van der Waals surface area contributed by atoms with Crippen LogP contribution >= 0.6 is 0 Å². The molecule has 0 N–H and O–H groups in total. The molecule has 1 saturated carbocycles. The van der Waals surface area contributed by atoms with Gasteiger partial charge in [-0.05, 0) is 96.1 Å². The van der Waals surface area contributed by atoms with Gasteiger partial charge in [0, 0.05) is 0 Å². The maximum absolute atomic E-state index is 4.42. The first kappa shape index (κ1) is 20.7. The van der Waals surface area contributed by atoms with Crippen molar-refractivity contribution in [1.29, 1.82) is 0 Å². The molecule has 1 aromatic rings. The predicted octanol–water partition coefficient (Wildman–Crippen LogP) is 7.61. The Kier molecular flexibility index (Phi) is 6.37. The number of rotatable bonds is 6. The van der Waals surface area contributed by atoms with Gasteiger partial charge < -0.3 is 0 Å². The lowest BCUT2D eigenvalue weighted by atomic mass is 9.78. The molecule has 26 heavy (non-hydrogen) atoms. The molecule has 0 saturated heterocycles. The van der Waals surface area contributed by atoms with E-state index in [0.717, 1.165) is 23.0 Å². The van der Waals surface area contributed by atoms with Crippen LogP contribution in [0.15, 0.2) is 54.7 Å². The Morgan fingerprint density at radius 1 is 1.04 bits per heavy atom. The smallest absolute Gasteiger partial charge is 0.0132 e. The van der Waals surface area contributed by atoms with Crippen LogP contribution in [0.1, 0.15) is 63.6 Å². The van der Waals surface area contributed by atoms with E-state index in [9.17, 15) is 0 Å². The van der Waals surface area contributed by atoms with Crippen LogP contribution in [0.2, 0.25) is 0 Å². The van der Waals surface area contributed by atoms with Crippen molar-refractivity contribution < 1.29 is 0 Å². The van der Waals surface area contributed by atoms with Crippen LogP contribution in [0.3, 0.4) is 0 Å². The SMILES string of the molecule is C=C(C(=C)C1CC(C)C(CCc2ccc(C)c(C)c2)C1)C(=C)C(C)(C)C. The molecule has 1 fully saturated rings. The minimum absolute atomic E-state index is 0.0624. The van der Waals surface area contributed by atoms with Crippen LogP contribution in [-0.4, -0.2) is 0 Å². The molecule has 142 valence electrons. The molecule has 0 nitrogen and oxygen atoms in total. The summed E-state index contributed by atoms with van der Waals surface area (Å²) >= 11 is 0. The molecule has 0 spiro atoms. The zero-order chi connectivity index (χ0) is 19.6. The van der Waals surface area contributed by atoms with E-state index >= 15 is 0 Å². The van der Waals surface area contributed by atoms with Gasteiger partial charge in [-0.2, -0.15) is 0 Å². The molecule has 0 aromatic heterocycles. The molecule has 3 unspecified atom stereocenters. The number of benzene rings is 1. The van der Waals surface area contributed by atoms with Gasteiger partial charge in [0.25, 0.3) is 0 Å². The number of aryl methyl sites for hydroxylation is 3. The van der Waals surface area contributed by atoms with Crippen LogP contribution in [-0.2, 0) is 6.42 Å². The van der Waals surface area contributed by atoms with E-state index in [2.05, 4.69) is 79.5 Å². The molecule has 1 aliphatic carbocycles. The molecule has 3 atom stereocenters. The molecule has 0 aliphatic heterocycles. The summed E-state index contributed by atoms with van der Waals surface area (Å²) in [5.41, 5.74) is 7.78. The summed E-state index contributed by atoms with van der Waals surface area (Å²) < 4.78 is 0. The van der Waals surface area contributed by atoms with Crippen molar-refractivity contribution in [2.45, 2.75) is 67.2 Å². The first-order valence-corrected chi connectivity index (χ1v) is 10.1. The number of hydrogen-bond donors (Lipinski definition) is 0. The Morgan fingerprint density at radius 3 is 2.27 bits per heavy atom. The van der Waals surface area contributed by atoms with Crippen molar-refractivity contribution in [3.05, 3.63) is 71.3 Å².